The molecular weight excluding hydrogens is 316 g/mol. The standard InChI is InChI=1S/C17H23ClN2O3/c1-2-23-15-7-5-14(6-8-15)20-12-13(10-17(20)22)11-19-16(21)4-3-9-18/h5-8,13H,2-4,9-12H2,1H3,(H,19,21). The summed E-state index contributed by atoms with van der Waals surface area (Å²) in [6.45, 7) is 3.71. The van der Waals surface area contributed by atoms with Crippen LogP contribution in [0.3, 0.4) is 0 Å². The highest BCUT2D eigenvalue weighted by atomic mass is 35.5. The highest BCUT2D eigenvalue weighted by molar-refractivity contribution is 6.17. The van der Waals surface area contributed by atoms with E-state index in [1.54, 1.807) is 4.90 Å². The average molecular weight is 339 g/mol. The van der Waals surface area contributed by atoms with Gasteiger partial charge in [0.2, 0.25) is 11.8 Å². The first-order valence-corrected chi connectivity index (χ1v) is 8.53. The number of benzene rings is 1. The number of carbonyl (C=O) groups excluding carboxylic acids is 2. The molecule has 1 aromatic rings. The first-order chi connectivity index (χ1) is 11.1. The molecule has 1 aliphatic heterocycles. The van der Waals surface area contributed by atoms with Crippen molar-refractivity contribution in [3.05, 3.63) is 24.3 Å². The van der Waals surface area contributed by atoms with Gasteiger partial charge in [-0.05, 0) is 37.6 Å². The van der Waals surface area contributed by atoms with Gasteiger partial charge < -0.3 is 15.0 Å². The maximum atomic E-state index is 12.2. The summed E-state index contributed by atoms with van der Waals surface area (Å²) in [4.78, 5) is 25.6. The van der Waals surface area contributed by atoms with Crippen LogP contribution in [0, 0.1) is 5.92 Å². The molecule has 1 saturated heterocycles. The lowest BCUT2D eigenvalue weighted by atomic mass is 10.1. The van der Waals surface area contributed by atoms with Crippen LogP contribution in [0.2, 0.25) is 0 Å². The predicted octanol–water partition coefficient (Wildman–Crippen LogP) is 2.57. The van der Waals surface area contributed by atoms with E-state index in [4.69, 9.17) is 16.3 Å². The lowest BCUT2D eigenvalue weighted by molar-refractivity contribution is -0.121. The van der Waals surface area contributed by atoms with E-state index in [0.29, 0.717) is 44.8 Å². The number of rotatable bonds is 8. The summed E-state index contributed by atoms with van der Waals surface area (Å²) in [6.07, 6.45) is 1.57. The minimum Gasteiger partial charge on any atom is -0.494 e. The summed E-state index contributed by atoms with van der Waals surface area (Å²) in [5, 5.41) is 2.88. The van der Waals surface area contributed by atoms with Crippen LogP contribution in [0.15, 0.2) is 24.3 Å². The first-order valence-electron chi connectivity index (χ1n) is 8.00. The van der Waals surface area contributed by atoms with Crippen molar-refractivity contribution in [2.75, 3.05) is 30.5 Å². The van der Waals surface area contributed by atoms with Gasteiger partial charge in [0.1, 0.15) is 5.75 Å². The Balaban J connectivity index is 1.85. The zero-order valence-corrected chi connectivity index (χ0v) is 14.1. The topological polar surface area (TPSA) is 58.6 Å². The molecule has 1 unspecified atom stereocenters. The molecule has 1 fully saturated rings. The van der Waals surface area contributed by atoms with Gasteiger partial charge in [-0.2, -0.15) is 0 Å². The molecule has 2 rings (SSSR count). The average Bonchev–Trinajstić information content (AvgIpc) is 2.93. The normalized spacial score (nSPS) is 17.4. The summed E-state index contributed by atoms with van der Waals surface area (Å²) in [6, 6.07) is 7.52. The van der Waals surface area contributed by atoms with E-state index in [9.17, 15) is 9.59 Å². The zero-order chi connectivity index (χ0) is 16.7. The number of nitrogens with zero attached hydrogens (tertiary/aromatic N) is 1. The highest BCUT2D eigenvalue weighted by Gasteiger charge is 2.30. The van der Waals surface area contributed by atoms with Crippen LogP contribution in [0.4, 0.5) is 5.69 Å². The second kappa shape index (κ2) is 8.77. The van der Waals surface area contributed by atoms with Gasteiger partial charge in [0, 0.05) is 43.4 Å². The molecule has 0 aliphatic carbocycles. The first kappa shape index (κ1) is 17.6. The van der Waals surface area contributed by atoms with E-state index >= 15 is 0 Å². The van der Waals surface area contributed by atoms with Crippen molar-refractivity contribution in [1.82, 2.24) is 5.32 Å². The number of amides is 2. The molecule has 126 valence electrons. The van der Waals surface area contributed by atoms with E-state index in [0.717, 1.165) is 11.4 Å². The van der Waals surface area contributed by atoms with Gasteiger partial charge in [-0.1, -0.05) is 0 Å². The Kier molecular flexibility index (Phi) is 6.71. The van der Waals surface area contributed by atoms with Gasteiger partial charge in [-0.25, -0.2) is 0 Å². The summed E-state index contributed by atoms with van der Waals surface area (Å²) < 4.78 is 5.41. The molecule has 0 saturated carbocycles. The van der Waals surface area contributed by atoms with Crippen LogP contribution in [0.25, 0.3) is 0 Å². The van der Waals surface area contributed by atoms with Gasteiger partial charge in [0.25, 0.3) is 0 Å². The molecule has 1 N–H and O–H groups in total. The Labute approximate surface area is 141 Å². The smallest absolute Gasteiger partial charge is 0.227 e. The lowest BCUT2D eigenvalue weighted by Crippen LogP contribution is -2.31. The van der Waals surface area contributed by atoms with Crippen LogP contribution < -0.4 is 15.0 Å². The Morgan fingerprint density at radius 1 is 1.39 bits per heavy atom. The molecular formula is C17H23ClN2O3. The van der Waals surface area contributed by atoms with Crippen molar-refractivity contribution in [2.45, 2.75) is 26.2 Å². The third kappa shape index (κ3) is 5.13. The van der Waals surface area contributed by atoms with E-state index in [1.165, 1.54) is 0 Å². The largest absolute Gasteiger partial charge is 0.494 e. The number of ether oxygens (including phenoxy) is 1. The van der Waals surface area contributed by atoms with Crippen molar-refractivity contribution in [2.24, 2.45) is 5.92 Å². The molecule has 1 aliphatic rings. The molecule has 5 nitrogen and oxygen atoms in total. The third-order valence-corrected chi connectivity index (χ3v) is 4.06. The number of alkyl halides is 1. The Hall–Kier alpha value is -1.75. The number of carbonyl (C=O) groups is 2. The SMILES string of the molecule is CCOc1ccc(N2CC(CNC(=O)CCCCl)CC2=O)cc1. The van der Waals surface area contributed by atoms with Crippen LogP contribution in [0.5, 0.6) is 5.75 Å². The molecule has 1 aromatic carbocycles. The van der Waals surface area contributed by atoms with Crippen LogP contribution >= 0.6 is 11.6 Å². The van der Waals surface area contributed by atoms with Gasteiger partial charge in [-0.3, -0.25) is 9.59 Å². The van der Waals surface area contributed by atoms with E-state index in [2.05, 4.69) is 5.32 Å². The second-order valence-corrected chi connectivity index (χ2v) is 5.98. The molecule has 6 heteroatoms. The summed E-state index contributed by atoms with van der Waals surface area (Å²) in [5.74, 6) is 1.52. The number of anilines is 1. The third-order valence-electron chi connectivity index (χ3n) is 3.79. The molecule has 0 radical (unpaired) electrons. The van der Waals surface area contributed by atoms with E-state index in [-0.39, 0.29) is 17.7 Å². The maximum Gasteiger partial charge on any atom is 0.227 e. The van der Waals surface area contributed by atoms with Crippen molar-refractivity contribution in [3.8, 4) is 5.75 Å². The fraction of sp³-hybridized carbons (Fsp3) is 0.529. The minimum absolute atomic E-state index is 0.00221. The molecule has 23 heavy (non-hydrogen) atoms. The quantitative estimate of drug-likeness (QED) is 0.741. The molecule has 0 spiro atoms. The highest BCUT2D eigenvalue weighted by Crippen LogP contribution is 2.26. The molecule has 2 amide bonds. The minimum atomic E-state index is -0.00221. The van der Waals surface area contributed by atoms with Crippen molar-refractivity contribution >= 4 is 29.1 Å². The van der Waals surface area contributed by atoms with Gasteiger partial charge in [0.05, 0.1) is 6.61 Å². The van der Waals surface area contributed by atoms with Crippen LogP contribution in [0.1, 0.15) is 26.2 Å². The van der Waals surface area contributed by atoms with Crippen molar-refractivity contribution in [1.29, 1.82) is 0 Å². The predicted molar refractivity (Wildman–Crippen MR) is 91.0 cm³/mol. The van der Waals surface area contributed by atoms with Crippen molar-refractivity contribution in [3.63, 3.8) is 0 Å². The van der Waals surface area contributed by atoms with Crippen molar-refractivity contribution < 1.29 is 14.3 Å². The second-order valence-electron chi connectivity index (χ2n) is 5.60. The van der Waals surface area contributed by atoms with Gasteiger partial charge in [-0.15, -0.1) is 11.6 Å². The number of halogens is 1. The van der Waals surface area contributed by atoms with E-state index < -0.39 is 0 Å². The maximum absolute atomic E-state index is 12.2. The fourth-order valence-electron chi connectivity index (χ4n) is 2.63. The molecule has 0 bridgehead atoms. The van der Waals surface area contributed by atoms with Gasteiger partial charge in [0.15, 0.2) is 0 Å². The lowest BCUT2D eigenvalue weighted by Gasteiger charge is -2.17. The number of nitrogens with one attached hydrogen (secondary N) is 1. The van der Waals surface area contributed by atoms with Crippen LogP contribution in [-0.2, 0) is 9.59 Å². The van der Waals surface area contributed by atoms with E-state index in [1.807, 2.05) is 31.2 Å². The summed E-state index contributed by atoms with van der Waals surface area (Å²) in [5.41, 5.74) is 0.870. The zero-order valence-electron chi connectivity index (χ0n) is 13.4. The number of hydrogen-bond acceptors (Lipinski definition) is 3. The van der Waals surface area contributed by atoms with Crippen LogP contribution in [-0.4, -0.2) is 37.4 Å². The van der Waals surface area contributed by atoms with Gasteiger partial charge >= 0.3 is 0 Å². The Morgan fingerprint density at radius 3 is 2.78 bits per heavy atom. The Bertz CT molecular complexity index is 533. The molecule has 0 aromatic heterocycles. The summed E-state index contributed by atoms with van der Waals surface area (Å²) >= 11 is 5.57. The number of hydrogen-bond donors (Lipinski definition) is 1. The molecule has 1 atom stereocenters. The Morgan fingerprint density at radius 2 is 2.13 bits per heavy atom. The monoisotopic (exact) mass is 338 g/mol. The summed E-state index contributed by atoms with van der Waals surface area (Å²) in [7, 11) is 0. The fourth-order valence-corrected chi connectivity index (χ4v) is 2.76. The molecule has 1 heterocycles.